The highest BCUT2D eigenvalue weighted by molar-refractivity contribution is 5.93. The van der Waals surface area contributed by atoms with Crippen LogP contribution < -0.4 is 0 Å². The molecule has 0 radical (unpaired) electrons. The first-order valence-corrected chi connectivity index (χ1v) is 6.79. The lowest BCUT2D eigenvalue weighted by Crippen LogP contribution is -2.14. The normalized spacial score (nSPS) is 10.6. The summed E-state index contributed by atoms with van der Waals surface area (Å²) < 4.78 is 32.6. The summed E-state index contributed by atoms with van der Waals surface area (Å²) in [4.78, 5) is 22.6. The van der Waals surface area contributed by atoms with Crippen molar-refractivity contribution >= 4 is 11.7 Å². The van der Waals surface area contributed by atoms with Gasteiger partial charge >= 0.3 is 11.7 Å². The van der Waals surface area contributed by atoms with E-state index < -0.39 is 33.9 Å². The third-order valence-electron chi connectivity index (χ3n) is 3.05. The van der Waals surface area contributed by atoms with Crippen molar-refractivity contribution in [3.8, 4) is 5.69 Å². The zero-order valence-corrected chi connectivity index (χ0v) is 12.4. The van der Waals surface area contributed by atoms with Crippen molar-refractivity contribution in [2.24, 2.45) is 0 Å². The Balaban J connectivity index is 2.76. The Bertz CT molecular complexity index is 774. The van der Waals surface area contributed by atoms with E-state index >= 15 is 0 Å². The van der Waals surface area contributed by atoms with E-state index in [1.807, 2.05) is 0 Å². The monoisotopic (exact) mass is 325 g/mol. The second kappa shape index (κ2) is 6.51. The van der Waals surface area contributed by atoms with Crippen LogP contribution in [0.3, 0.4) is 0 Å². The summed E-state index contributed by atoms with van der Waals surface area (Å²) in [5, 5.41) is 15.2. The Morgan fingerprint density at radius 3 is 2.61 bits per heavy atom. The molecule has 1 heterocycles. The van der Waals surface area contributed by atoms with Crippen LogP contribution in [0.15, 0.2) is 18.2 Å². The minimum Gasteiger partial charge on any atom is -0.461 e. The maximum Gasteiger partial charge on any atom is 0.364 e. The lowest BCUT2D eigenvalue weighted by Gasteiger charge is -2.07. The third-order valence-corrected chi connectivity index (χ3v) is 3.05. The summed E-state index contributed by atoms with van der Waals surface area (Å²) in [5.41, 5.74) is -1.33. The predicted molar refractivity (Wildman–Crippen MR) is 75.5 cm³/mol. The number of esters is 1. The van der Waals surface area contributed by atoms with E-state index in [0.29, 0.717) is 6.07 Å². The average molecular weight is 325 g/mol. The molecule has 9 heteroatoms. The van der Waals surface area contributed by atoms with Gasteiger partial charge in [0.15, 0.2) is 5.82 Å². The number of rotatable bonds is 5. The van der Waals surface area contributed by atoms with Crippen molar-refractivity contribution in [3.63, 3.8) is 0 Å². The predicted octanol–water partition coefficient (Wildman–Crippen LogP) is 2.80. The lowest BCUT2D eigenvalue weighted by molar-refractivity contribution is -0.385. The second-order valence-electron chi connectivity index (χ2n) is 4.48. The van der Waals surface area contributed by atoms with Crippen molar-refractivity contribution in [2.75, 3.05) is 6.61 Å². The number of halogens is 2. The third kappa shape index (κ3) is 3.03. The second-order valence-corrected chi connectivity index (χ2v) is 4.48. The van der Waals surface area contributed by atoms with E-state index in [2.05, 4.69) is 5.10 Å². The minimum absolute atomic E-state index is 0.00165. The van der Waals surface area contributed by atoms with Crippen LogP contribution in [-0.2, 0) is 11.2 Å². The van der Waals surface area contributed by atoms with Gasteiger partial charge in [-0.2, -0.15) is 5.10 Å². The Kier molecular flexibility index (Phi) is 4.68. The van der Waals surface area contributed by atoms with Gasteiger partial charge in [-0.1, -0.05) is 6.92 Å². The molecule has 0 aliphatic carbocycles. The van der Waals surface area contributed by atoms with E-state index in [4.69, 9.17) is 4.74 Å². The van der Waals surface area contributed by atoms with E-state index in [9.17, 15) is 23.7 Å². The zero-order valence-electron chi connectivity index (χ0n) is 12.4. The highest BCUT2D eigenvalue weighted by atomic mass is 19.1. The zero-order chi connectivity index (χ0) is 17.1. The van der Waals surface area contributed by atoms with Crippen LogP contribution in [0.5, 0.6) is 0 Å². The van der Waals surface area contributed by atoms with Crippen molar-refractivity contribution in [3.05, 3.63) is 51.3 Å². The molecule has 0 N–H and O–H groups in total. The van der Waals surface area contributed by atoms with E-state index in [1.165, 1.54) is 6.92 Å². The number of nitro groups is 1. The number of hydrogen-bond donors (Lipinski definition) is 0. The smallest absolute Gasteiger partial charge is 0.364 e. The van der Waals surface area contributed by atoms with Crippen LogP contribution in [0.2, 0.25) is 0 Å². The summed E-state index contributed by atoms with van der Waals surface area (Å²) in [5.74, 6) is -2.83. The molecule has 0 saturated carbocycles. The molecule has 0 unspecified atom stereocenters. The van der Waals surface area contributed by atoms with E-state index in [-0.39, 0.29) is 24.4 Å². The number of aryl methyl sites for hydroxylation is 1. The van der Waals surface area contributed by atoms with Crippen LogP contribution in [0, 0.1) is 21.7 Å². The molecule has 1 aromatic heterocycles. The van der Waals surface area contributed by atoms with Gasteiger partial charge in [0.1, 0.15) is 17.2 Å². The topological polar surface area (TPSA) is 87.3 Å². The quantitative estimate of drug-likeness (QED) is 0.479. The molecule has 0 aliphatic heterocycles. The lowest BCUT2D eigenvalue weighted by atomic mass is 10.2. The maximum atomic E-state index is 14.0. The molecule has 0 spiro atoms. The molecular formula is C14H13F2N3O4. The standard InChI is InChI=1S/C14H13F2N3O4/c1-3-10-12(19(21)22)13(14(20)23-4-2)18(17-10)11-6-5-8(15)7-9(11)16/h5-7H,3-4H2,1-2H3. The van der Waals surface area contributed by atoms with Gasteiger partial charge in [-0.15, -0.1) is 0 Å². The number of benzene rings is 1. The minimum atomic E-state index is -1.00. The number of nitrogens with zero attached hydrogens (tertiary/aromatic N) is 3. The van der Waals surface area contributed by atoms with Crippen LogP contribution in [0.25, 0.3) is 5.69 Å². The van der Waals surface area contributed by atoms with Gasteiger partial charge in [-0.3, -0.25) is 10.1 Å². The van der Waals surface area contributed by atoms with Crippen LogP contribution in [0.4, 0.5) is 14.5 Å². The molecule has 1 aromatic carbocycles. The highest BCUT2D eigenvalue weighted by Crippen LogP contribution is 2.28. The number of aromatic nitrogens is 2. The first-order valence-electron chi connectivity index (χ1n) is 6.79. The first kappa shape index (κ1) is 16.5. The van der Waals surface area contributed by atoms with E-state index in [1.54, 1.807) is 6.92 Å². The fourth-order valence-corrected chi connectivity index (χ4v) is 2.10. The number of carbonyl (C=O) groups is 1. The van der Waals surface area contributed by atoms with Gasteiger partial charge in [0.05, 0.1) is 11.5 Å². The number of hydrogen-bond acceptors (Lipinski definition) is 5. The number of carbonyl (C=O) groups excluding carboxylic acids is 1. The average Bonchev–Trinajstić information content (AvgIpc) is 2.87. The fraction of sp³-hybridized carbons (Fsp3) is 0.286. The van der Waals surface area contributed by atoms with Crippen LogP contribution in [-0.4, -0.2) is 27.3 Å². The van der Waals surface area contributed by atoms with Crippen molar-refractivity contribution in [2.45, 2.75) is 20.3 Å². The molecule has 2 aromatic rings. The molecule has 122 valence electrons. The molecule has 23 heavy (non-hydrogen) atoms. The summed E-state index contributed by atoms with van der Waals surface area (Å²) in [6.07, 6.45) is 0.151. The molecule has 0 atom stereocenters. The number of ether oxygens (including phenoxy) is 1. The Labute approximate surface area is 129 Å². The Hall–Kier alpha value is -2.84. The van der Waals surface area contributed by atoms with Crippen LogP contribution in [0.1, 0.15) is 30.0 Å². The van der Waals surface area contributed by atoms with Gasteiger partial charge in [-0.05, 0) is 25.5 Å². The summed E-state index contributed by atoms with van der Waals surface area (Å²) in [6, 6.07) is 2.61. The molecule has 7 nitrogen and oxygen atoms in total. The highest BCUT2D eigenvalue weighted by Gasteiger charge is 2.34. The SMILES string of the molecule is CCOC(=O)c1c([N+](=O)[O-])c(CC)nn1-c1ccc(F)cc1F. The first-order chi connectivity index (χ1) is 10.9. The van der Waals surface area contributed by atoms with Gasteiger partial charge < -0.3 is 4.74 Å². The molecule has 0 saturated heterocycles. The van der Waals surface area contributed by atoms with Gasteiger partial charge in [-0.25, -0.2) is 18.3 Å². The van der Waals surface area contributed by atoms with Gasteiger partial charge in [0.2, 0.25) is 5.69 Å². The Morgan fingerprint density at radius 2 is 2.09 bits per heavy atom. The fourth-order valence-electron chi connectivity index (χ4n) is 2.10. The van der Waals surface area contributed by atoms with E-state index in [0.717, 1.165) is 16.8 Å². The molecule has 0 bridgehead atoms. The van der Waals surface area contributed by atoms with Gasteiger partial charge in [0, 0.05) is 6.07 Å². The summed E-state index contributed by atoms with van der Waals surface area (Å²) in [6.45, 7) is 3.12. The molecular weight excluding hydrogens is 312 g/mol. The summed E-state index contributed by atoms with van der Waals surface area (Å²) in [7, 11) is 0. The largest absolute Gasteiger partial charge is 0.461 e. The van der Waals surface area contributed by atoms with Gasteiger partial charge in [0.25, 0.3) is 0 Å². The van der Waals surface area contributed by atoms with Crippen molar-refractivity contribution in [1.29, 1.82) is 0 Å². The Morgan fingerprint density at radius 1 is 1.39 bits per heavy atom. The van der Waals surface area contributed by atoms with Crippen molar-refractivity contribution in [1.82, 2.24) is 9.78 Å². The van der Waals surface area contributed by atoms with Crippen LogP contribution >= 0.6 is 0 Å². The summed E-state index contributed by atoms with van der Waals surface area (Å²) >= 11 is 0. The maximum absolute atomic E-state index is 14.0. The van der Waals surface area contributed by atoms with Crippen molar-refractivity contribution < 1.29 is 23.2 Å². The molecule has 0 aliphatic rings. The molecule has 2 rings (SSSR count). The molecule has 0 fully saturated rings. The molecule has 0 amide bonds.